The molecule has 0 spiro atoms. The van der Waals surface area contributed by atoms with Crippen molar-refractivity contribution < 1.29 is 19.4 Å². The van der Waals surface area contributed by atoms with Crippen LogP contribution in [0.25, 0.3) is 0 Å². The maximum absolute atomic E-state index is 11.9. The average molecular weight is 358 g/mol. The second kappa shape index (κ2) is 6.52. The summed E-state index contributed by atoms with van der Waals surface area (Å²) >= 11 is 0. The van der Waals surface area contributed by atoms with Crippen LogP contribution in [0.15, 0.2) is 11.1 Å². The second-order valence-electron chi connectivity index (χ2n) is 7.52. The molecule has 1 fully saturated rings. The highest BCUT2D eigenvalue weighted by molar-refractivity contribution is 6.74. The van der Waals surface area contributed by atoms with Gasteiger partial charge in [0, 0.05) is 0 Å². The van der Waals surface area contributed by atoms with Gasteiger partial charge in [-0.3, -0.25) is 4.57 Å². The Balaban J connectivity index is 2.12. The van der Waals surface area contributed by atoms with Crippen molar-refractivity contribution in [2.24, 2.45) is 0 Å². The summed E-state index contributed by atoms with van der Waals surface area (Å²) in [6.45, 7) is 10.6. The lowest BCUT2D eigenvalue weighted by Gasteiger charge is -2.37. The molecule has 1 aromatic heterocycles. The Morgan fingerprint density at radius 3 is 2.54 bits per heavy atom. The van der Waals surface area contributed by atoms with Crippen LogP contribution in [-0.4, -0.2) is 58.0 Å². The van der Waals surface area contributed by atoms with Gasteiger partial charge in [0.15, 0.2) is 14.5 Å². The summed E-state index contributed by atoms with van der Waals surface area (Å²) < 4.78 is 12.7. The standard InChI is InChI=1S/C14H26N4O5Si/c1-14(2,3)24(4,5)22-6-8-9(19)10(20)11(23-8)18-7-16-12(15)17-13(18)21/h7-11,19-20H,6H2,1-5H3,(H2,15,17,21)/t8-,9-,10-,11-/m1/s1. The Bertz CT molecular complexity index is 645. The van der Waals surface area contributed by atoms with E-state index in [0.717, 1.165) is 10.9 Å². The predicted molar refractivity (Wildman–Crippen MR) is 89.8 cm³/mol. The predicted octanol–water partition coefficient (Wildman–Crippen LogP) is -0.138. The van der Waals surface area contributed by atoms with E-state index in [4.69, 9.17) is 14.9 Å². The molecule has 24 heavy (non-hydrogen) atoms. The molecule has 1 aromatic rings. The van der Waals surface area contributed by atoms with Crippen LogP contribution in [0.4, 0.5) is 5.95 Å². The minimum atomic E-state index is -2.03. The highest BCUT2D eigenvalue weighted by Crippen LogP contribution is 2.37. The van der Waals surface area contributed by atoms with Gasteiger partial charge in [0.1, 0.15) is 24.6 Å². The maximum Gasteiger partial charge on any atom is 0.354 e. The number of hydrogen-bond donors (Lipinski definition) is 3. The Hall–Kier alpha value is -1.33. The third kappa shape index (κ3) is 3.67. The van der Waals surface area contributed by atoms with Crippen LogP contribution in [0.1, 0.15) is 27.0 Å². The fourth-order valence-corrected chi connectivity index (χ4v) is 3.15. The van der Waals surface area contributed by atoms with E-state index in [-0.39, 0.29) is 17.6 Å². The summed E-state index contributed by atoms with van der Waals surface area (Å²) in [6, 6.07) is 0. The van der Waals surface area contributed by atoms with E-state index < -0.39 is 38.5 Å². The van der Waals surface area contributed by atoms with Gasteiger partial charge in [0.2, 0.25) is 5.95 Å². The summed E-state index contributed by atoms with van der Waals surface area (Å²) in [5.41, 5.74) is 4.64. The first-order chi connectivity index (χ1) is 10.9. The molecule has 0 amide bonds. The number of aliphatic hydroxyl groups is 2. The molecule has 0 bridgehead atoms. The maximum atomic E-state index is 11.9. The topological polar surface area (TPSA) is 133 Å². The van der Waals surface area contributed by atoms with E-state index in [9.17, 15) is 15.0 Å². The second-order valence-corrected chi connectivity index (χ2v) is 12.3. The number of nitrogens with zero attached hydrogens (tertiary/aromatic N) is 3. The monoisotopic (exact) mass is 358 g/mol. The first-order valence-electron chi connectivity index (χ1n) is 7.80. The van der Waals surface area contributed by atoms with E-state index in [0.29, 0.717) is 0 Å². The fourth-order valence-electron chi connectivity index (χ4n) is 2.13. The highest BCUT2D eigenvalue weighted by atomic mass is 28.4. The van der Waals surface area contributed by atoms with E-state index in [1.165, 1.54) is 0 Å². The van der Waals surface area contributed by atoms with Gasteiger partial charge in [-0.05, 0) is 18.1 Å². The van der Waals surface area contributed by atoms with Gasteiger partial charge in [0.05, 0.1) is 6.61 Å². The van der Waals surface area contributed by atoms with Crippen molar-refractivity contribution in [2.75, 3.05) is 12.3 Å². The summed E-state index contributed by atoms with van der Waals surface area (Å²) in [6.07, 6.45) is -3.15. The normalized spacial score (nSPS) is 28.3. The Labute approximate surface area is 141 Å². The SMILES string of the molecule is CC(C)(C)[Si](C)(C)OC[C@H]1O[C@@H](n2cnc(N)nc2=O)[C@H](O)[C@@H]1O. The number of aliphatic hydroxyl groups excluding tert-OH is 2. The highest BCUT2D eigenvalue weighted by Gasteiger charge is 2.46. The summed E-state index contributed by atoms with van der Waals surface area (Å²) in [7, 11) is -2.03. The summed E-state index contributed by atoms with van der Waals surface area (Å²) in [5.74, 6) is -0.165. The zero-order valence-corrected chi connectivity index (χ0v) is 15.6. The Kier molecular flexibility index (Phi) is 5.16. The molecule has 1 saturated heterocycles. The zero-order valence-electron chi connectivity index (χ0n) is 14.6. The molecule has 0 unspecified atom stereocenters. The third-order valence-electron chi connectivity index (χ3n) is 4.77. The number of rotatable bonds is 4. The number of nitrogens with two attached hydrogens (primary N) is 1. The van der Waals surface area contributed by atoms with E-state index >= 15 is 0 Å². The Morgan fingerprint density at radius 1 is 1.38 bits per heavy atom. The largest absolute Gasteiger partial charge is 0.414 e. The molecule has 10 heteroatoms. The molecular weight excluding hydrogens is 332 g/mol. The van der Waals surface area contributed by atoms with Gasteiger partial charge < -0.3 is 25.1 Å². The molecule has 9 nitrogen and oxygen atoms in total. The lowest BCUT2D eigenvalue weighted by Crippen LogP contribution is -2.44. The lowest BCUT2D eigenvalue weighted by atomic mass is 10.1. The molecule has 0 aliphatic carbocycles. The quantitative estimate of drug-likeness (QED) is 0.634. The molecule has 1 aliphatic rings. The number of ether oxygens (including phenoxy) is 1. The third-order valence-corrected chi connectivity index (χ3v) is 9.27. The van der Waals surface area contributed by atoms with Gasteiger partial charge in [-0.15, -0.1) is 0 Å². The van der Waals surface area contributed by atoms with Gasteiger partial charge in [0.25, 0.3) is 0 Å². The molecule has 136 valence electrons. The van der Waals surface area contributed by atoms with Crippen LogP contribution < -0.4 is 11.4 Å². The van der Waals surface area contributed by atoms with Crippen LogP contribution >= 0.6 is 0 Å². The van der Waals surface area contributed by atoms with Crippen molar-refractivity contribution >= 4 is 14.3 Å². The molecular formula is C14H26N4O5Si. The minimum absolute atomic E-state index is 0.0102. The van der Waals surface area contributed by atoms with Gasteiger partial charge in [-0.2, -0.15) is 4.98 Å². The van der Waals surface area contributed by atoms with Crippen molar-refractivity contribution in [2.45, 2.75) is 63.4 Å². The lowest BCUT2D eigenvalue weighted by molar-refractivity contribution is -0.0535. The first kappa shape index (κ1) is 19.0. The zero-order chi connectivity index (χ0) is 18.3. The molecule has 2 rings (SSSR count). The number of nitrogen functional groups attached to an aromatic ring is 1. The summed E-state index contributed by atoms with van der Waals surface area (Å²) in [5, 5.41) is 20.4. The van der Waals surface area contributed by atoms with Crippen molar-refractivity contribution in [3.8, 4) is 0 Å². The van der Waals surface area contributed by atoms with Gasteiger partial charge in [-0.25, -0.2) is 9.78 Å². The molecule has 2 heterocycles. The molecule has 0 saturated carbocycles. The van der Waals surface area contributed by atoms with E-state index in [2.05, 4.69) is 43.8 Å². The first-order valence-corrected chi connectivity index (χ1v) is 10.7. The van der Waals surface area contributed by atoms with Crippen LogP contribution in [0.5, 0.6) is 0 Å². The number of anilines is 1. The number of hydrogen-bond acceptors (Lipinski definition) is 8. The van der Waals surface area contributed by atoms with E-state index in [1.807, 2.05) is 0 Å². The van der Waals surface area contributed by atoms with E-state index in [1.54, 1.807) is 0 Å². The fraction of sp³-hybridized carbons (Fsp3) is 0.786. The van der Waals surface area contributed by atoms with Gasteiger partial charge in [-0.1, -0.05) is 20.8 Å². The molecule has 1 aliphatic heterocycles. The molecule has 4 N–H and O–H groups in total. The molecule has 0 aromatic carbocycles. The van der Waals surface area contributed by atoms with Crippen molar-refractivity contribution in [1.29, 1.82) is 0 Å². The van der Waals surface area contributed by atoms with Crippen LogP contribution in [-0.2, 0) is 9.16 Å². The van der Waals surface area contributed by atoms with Gasteiger partial charge >= 0.3 is 5.69 Å². The Morgan fingerprint density at radius 2 is 2.00 bits per heavy atom. The smallest absolute Gasteiger partial charge is 0.354 e. The molecule has 0 radical (unpaired) electrons. The van der Waals surface area contributed by atoms with Crippen molar-refractivity contribution in [3.05, 3.63) is 16.8 Å². The van der Waals surface area contributed by atoms with Crippen LogP contribution in [0.2, 0.25) is 18.1 Å². The van der Waals surface area contributed by atoms with Crippen molar-refractivity contribution in [1.82, 2.24) is 14.5 Å². The molecule has 4 atom stereocenters. The minimum Gasteiger partial charge on any atom is -0.414 e. The van der Waals surface area contributed by atoms with Crippen LogP contribution in [0, 0.1) is 0 Å². The van der Waals surface area contributed by atoms with Crippen LogP contribution in [0.3, 0.4) is 0 Å². The average Bonchev–Trinajstić information content (AvgIpc) is 2.72. The summed E-state index contributed by atoms with van der Waals surface area (Å²) in [4.78, 5) is 19.1. The number of aromatic nitrogens is 3. The van der Waals surface area contributed by atoms with Crippen molar-refractivity contribution in [3.63, 3.8) is 0 Å².